The van der Waals surface area contributed by atoms with E-state index in [1.165, 1.54) is 11.3 Å². The van der Waals surface area contributed by atoms with Crippen molar-refractivity contribution in [1.82, 2.24) is 19.7 Å². The molecule has 0 saturated heterocycles. The van der Waals surface area contributed by atoms with E-state index in [2.05, 4.69) is 27.3 Å². The van der Waals surface area contributed by atoms with Gasteiger partial charge in [0.2, 0.25) is 0 Å². The van der Waals surface area contributed by atoms with Crippen LogP contribution in [-0.4, -0.2) is 32.3 Å². The molecule has 154 valence electrons. The van der Waals surface area contributed by atoms with Gasteiger partial charge in [0, 0.05) is 23.7 Å². The summed E-state index contributed by atoms with van der Waals surface area (Å²) in [6, 6.07) is 9.60. The largest absolute Gasteiger partial charge is 0.494 e. The Kier molecular flexibility index (Phi) is 5.50. The summed E-state index contributed by atoms with van der Waals surface area (Å²) in [4.78, 5) is 22.1. The highest BCUT2D eigenvalue weighted by atomic mass is 32.1. The normalized spacial score (nSPS) is 11.1. The minimum absolute atomic E-state index is 0.217. The van der Waals surface area contributed by atoms with Gasteiger partial charge < -0.3 is 4.74 Å². The molecule has 0 unspecified atom stereocenters. The summed E-state index contributed by atoms with van der Waals surface area (Å²) in [6.07, 6.45) is 0.971. The Labute approximate surface area is 178 Å². The summed E-state index contributed by atoms with van der Waals surface area (Å²) < 4.78 is 7.32. The van der Waals surface area contributed by atoms with Crippen molar-refractivity contribution in [3.63, 3.8) is 0 Å². The summed E-state index contributed by atoms with van der Waals surface area (Å²) in [5.41, 5.74) is 4.57. The first-order valence-corrected chi connectivity index (χ1v) is 10.6. The highest BCUT2D eigenvalue weighted by Gasteiger charge is 2.19. The fraction of sp³-hybridized carbons (Fsp3) is 0.273. The number of anilines is 1. The van der Waals surface area contributed by atoms with Crippen LogP contribution in [0.5, 0.6) is 5.75 Å². The van der Waals surface area contributed by atoms with Gasteiger partial charge in [-0.05, 0) is 50.6 Å². The van der Waals surface area contributed by atoms with Gasteiger partial charge in [0.15, 0.2) is 10.8 Å². The molecule has 30 heavy (non-hydrogen) atoms. The Balaban J connectivity index is 1.56. The Hall–Kier alpha value is -3.26. The van der Waals surface area contributed by atoms with Gasteiger partial charge >= 0.3 is 0 Å². The summed E-state index contributed by atoms with van der Waals surface area (Å²) in [5.74, 6) is 0.624. The number of thiazole rings is 1. The van der Waals surface area contributed by atoms with Crippen molar-refractivity contribution in [3.8, 4) is 17.0 Å². The number of pyridine rings is 1. The van der Waals surface area contributed by atoms with Gasteiger partial charge in [-0.1, -0.05) is 6.92 Å². The van der Waals surface area contributed by atoms with Crippen molar-refractivity contribution < 1.29 is 9.53 Å². The monoisotopic (exact) mass is 421 g/mol. The SMILES string of the molecule is CCCOc1ccc(-c2csc(NC(=O)c3cc(C)nc4c3c(C)nn4C)n2)cc1. The molecule has 0 radical (unpaired) electrons. The van der Waals surface area contributed by atoms with Gasteiger partial charge in [0.05, 0.1) is 28.9 Å². The van der Waals surface area contributed by atoms with Crippen molar-refractivity contribution in [2.24, 2.45) is 7.05 Å². The second kappa shape index (κ2) is 8.23. The zero-order chi connectivity index (χ0) is 21.3. The number of carbonyl (C=O) groups excluding carboxylic acids is 1. The first kappa shape index (κ1) is 20.0. The van der Waals surface area contributed by atoms with Crippen molar-refractivity contribution >= 4 is 33.4 Å². The smallest absolute Gasteiger partial charge is 0.258 e. The van der Waals surface area contributed by atoms with Crippen LogP contribution in [0.25, 0.3) is 22.3 Å². The summed E-state index contributed by atoms with van der Waals surface area (Å²) in [6.45, 7) is 6.52. The number of hydrogen-bond acceptors (Lipinski definition) is 6. The Bertz CT molecular complexity index is 1210. The molecule has 3 aromatic heterocycles. The zero-order valence-electron chi connectivity index (χ0n) is 17.4. The molecule has 1 aromatic carbocycles. The predicted octanol–water partition coefficient (Wildman–Crippen LogP) is 4.75. The van der Waals surface area contributed by atoms with Crippen LogP contribution in [0.15, 0.2) is 35.7 Å². The van der Waals surface area contributed by atoms with Gasteiger partial charge in [0.1, 0.15) is 5.75 Å². The van der Waals surface area contributed by atoms with Gasteiger partial charge in [0.25, 0.3) is 5.91 Å². The van der Waals surface area contributed by atoms with E-state index in [1.54, 1.807) is 10.7 Å². The fourth-order valence-electron chi connectivity index (χ4n) is 3.32. The lowest BCUT2D eigenvalue weighted by Crippen LogP contribution is -2.13. The highest BCUT2D eigenvalue weighted by Crippen LogP contribution is 2.28. The molecule has 4 aromatic rings. The number of ether oxygens (including phenoxy) is 1. The number of nitrogens with one attached hydrogen (secondary N) is 1. The van der Waals surface area contributed by atoms with Gasteiger partial charge in [-0.25, -0.2) is 9.97 Å². The van der Waals surface area contributed by atoms with Crippen molar-refractivity contribution in [3.05, 3.63) is 52.7 Å². The van der Waals surface area contributed by atoms with Crippen LogP contribution in [-0.2, 0) is 7.05 Å². The molecular formula is C22H23N5O2S. The summed E-state index contributed by atoms with van der Waals surface area (Å²) in [7, 11) is 1.83. The number of amides is 1. The molecule has 0 saturated carbocycles. The molecule has 1 amide bonds. The third kappa shape index (κ3) is 3.91. The number of aryl methyl sites for hydroxylation is 3. The third-order valence-corrected chi connectivity index (χ3v) is 5.45. The molecule has 0 spiro atoms. The minimum Gasteiger partial charge on any atom is -0.494 e. The molecule has 0 aliphatic heterocycles. The molecular weight excluding hydrogens is 398 g/mol. The average Bonchev–Trinajstić information content (AvgIpc) is 3.30. The Morgan fingerprint density at radius 1 is 1.20 bits per heavy atom. The Morgan fingerprint density at radius 2 is 1.97 bits per heavy atom. The van der Waals surface area contributed by atoms with Crippen molar-refractivity contribution in [2.45, 2.75) is 27.2 Å². The van der Waals surface area contributed by atoms with Crippen LogP contribution < -0.4 is 10.1 Å². The molecule has 0 atom stereocenters. The van der Waals surface area contributed by atoms with E-state index in [-0.39, 0.29) is 5.91 Å². The maximum Gasteiger partial charge on any atom is 0.258 e. The number of benzene rings is 1. The standard InChI is InChI=1S/C22H23N5O2S/c1-5-10-29-16-8-6-15(7-9-16)18-12-30-22(24-18)25-21(28)17-11-13(2)23-20-19(17)14(3)26-27(20)4/h6-9,11-12H,5,10H2,1-4H3,(H,24,25,28). The minimum atomic E-state index is -0.217. The van der Waals surface area contributed by atoms with E-state index in [4.69, 9.17) is 4.74 Å². The first-order chi connectivity index (χ1) is 14.5. The molecule has 0 bridgehead atoms. The third-order valence-electron chi connectivity index (χ3n) is 4.69. The predicted molar refractivity (Wildman–Crippen MR) is 119 cm³/mol. The molecule has 0 aliphatic rings. The van der Waals surface area contributed by atoms with E-state index in [0.29, 0.717) is 22.9 Å². The number of hydrogen-bond donors (Lipinski definition) is 1. The van der Waals surface area contributed by atoms with Crippen molar-refractivity contribution in [1.29, 1.82) is 0 Å². The van der Waals surface area contributed by atoms with E-state index in [0.717, 1.165) is 40.2 Å². The van der Waals surface area contributed by atoms with Crippen LogP contribution >= 0.6 is 11.3 Å². The van der Waals surface area contributed by atoms with Gasteiger partial charge in [-0.15, -0.1) is 11.3 Å². The zero-order valence-corrected chi connectivity index (χ0v) is 18.2. The molecule has 0 aliphatic carbocycles. The summed E-state index contributed by atoms with van der Waals surface area (Å²) >= 11 is 1.39. The number of nitrogens with zero attached hydrogens (tertiary/aromatic N) is 4. The molecule has 3 heterocycles. The number of aromatic nitrogens is 4. The van der Waals surface area contributed by atoms with Crippen LogP contribution in [0.3, 0.4) is 0 Å². The number of carbonyl (C=O) groups is 1. The molecule has 4 rings (SSSR count). The lowest BCUT2D eigenvalue weighted by atomic mass is 10.1. The van der Waals surface area contributed by atoms with E-state index < -0.39 is 0 Å². The van der Waals surface area contributed by atoms with Gasteiger partial charge in [-0.3, -0.25) is 14.8 Å². The first-order valence-electron chi connectivity index (χ1n) is 9.77. The lowest BCUT2D eigenvalue weighted by Gasteiger charge is -2.06. The molecule has 0 fully saturated rings. The van der Waals surface area contributed by atoms with Crippen molar-refractivity contribution in [2.75, 3.05) is 11.9 Å². The highest BCUT2D eigenvalue weighted by molar-refractivity contribution is 7.14. The number of rotatable bonds is 6. The molecule has 1 N–H and O–H groups in total. The van der Waals surface area contributed by atoms with Crippen LogP contribution in [0.1, 0.15) is 35.1 Å². The van der Waals surface area contributed by atoms with Crippen LogP contribution in [0.2, 0.25) is 0 Å². The lowest BCUT2D eigenvalue weighted by molar-refractivity contribution is 0.102. The van der Waals surface area contributed by atoms with E-state index in [9.17, 15) is 4.79 Å². The van der Waals surface area contributed by atoms with E-state index >= 15 is 0 Å². The molecule has 7 nitrogen and oxygen atoms in total. The van der Waals surface area contributed by atoms with Gasteiger partial charge in [-0.2, -0.15) is 5.10 Å². The second-order valence-corrected chi connectivity index (χ2v) is 7.94. The van der Waals surface area contributed by atoms with E-state index in [1.807, 2.05) is 50.5 Å². The maximum absolute atomic E-state index is 13.0. The number of fused-ring (bicyclic) bond motifs is 1. The topological polar surface area (TPSA) is 81.9 Å². The second-order valence-electron chi connectivity index (χ2n) is 7.08. The van der Waals surface area contributed by atoms with Crippen LogP contribution in [0, 0.1) is 13.8 Å². The molecule has 8 heteroatoms. The Morgan fingerprint density at radius 3 is 2.70 bits per heavy atom. The summed E-state index contributed by atoms with van der Waals surface area (Å²) in [5, 5.41) is 10.6. The average molecular weight is 422 g/mol. The van der Waals surface area contributed by atoms with Crippen LogP contribution in [0.4, 0.5) is 5.13 Å². The quantitative estimate of drug-likeness (QED) is 0.486. The maximum atomic E-state index is 13.0. The fourth-order valence-corrected chi connectivity index (χ4v) is 4.03.